The fourth-order valence-electron chi connectivity index (χ4n) is 3.71. The number of rotatable bonds is 5. The summed E-state index contributed by atoms with van der Waals surface area (Å²) in [7, 11) is 0. The molecule has 160 valence electrons. The number of hydrogen-bond donors (Lipinski definition) is 1. The number of para-hydroxylation sites is 1. The molecule has 0 radical (unpaired) electrons. The van der Waals surface area contributed by atoms with Crippen LogP contribution in [-0.4, -0.2) is 10.9 Å². The zero-order chi connectivity index (χ0) is 21.9. The van der Waals surface area contributed by atoms with E-state index in [0.717, 1.165) is 34.0 Å². The molecule has 2 aromatic heterocycles. The van der Waals surface area contributed by atoms with Crippen LogP contribution < -0.4 is 15.0 Å². The van der Waals surface area contributed by atoms with E-state index in [2.05, 4.69) is 52.5 Å². The molecule has 0 atom stereocenters. The van der Waals surface area contributed by atoms with Crippen molar-refractivity contribution in [3.05, 3.63) is 101 Å². The first-order valence-electron chi connectivity index (χ1n) is 10.7. The number of aryl methyl sites for hydroxylation is 1. The van der Waals surface area contributed by atoms with Crippen molar-refractivity contribution in [1.82, 2.24) is 10.3 Å². The van der Waals surface area contributed by atoms with E-state index in [1.54, 1.807) is 6.20 Å². The van der Waals surface area contributed by atoms with Crippen molar-refractivity contribution in [1.29, 1.82) is 0 Å². The number of hydrogen-bond acceptors (Lipinski definition) is 5. The highest BCUT2D eigenvalue weighted by Gasteiger charge is 2.24. The van der Waals surface area contributed by atoms with E-state index in [4.69, 9.17) is 4.74 Å². The van der Waals surface area contributed by atoms with E-state index in [0.29, 0.717) is 23.8 Å². The van der Waals surface area contributed by atoms with Crippen molar-refractivity contribution in [2.75, 3.05) is 4.90 Å². The second-order valence-corrected chi connectivity index (χ2v) is 8.68. The monoisotopic (exact) mass is 441 g/mol. The Hall–Kier alpha value is -3.64. The predicted octanol–water partition coefficient (Wildman–Crippen LogP) is 6.08. The second kappa shape index (κ2) is 8.85. The molecule has 5 nitrogen and oxygen atoms in total. The molecule has 4 aromatic rings. The molecular formula is C26H23N3O2S. The van der Waals surface area contributed by atoms with Crippen LogP contribution in [0.2, 0.25) is 0 Å². The molecule has 0 spiro atoms. The molecule has 0 unspecified atom stereocenters. The molecule has 32 heavy (non-hydrogen) atoms. The lowest BCUT2D eigenvalue weighted by atomic mass is 10.1. The molecule has 2 aromatic carbocycles. The Morgan fingerprint density at radius 1 is 1.03 bits per heavy atom. The smallest absolute Gasteiger partial charge is 0.261 e. The normalized spacial score (nSPS) is 12.3. The maximum atomic E-state index is 12.8. The number of ether oxygens (including phenoxy) is 1. The summed E-state index contributed by atoms with van der Waals surface area (Å²) in [5.41, 5.74) is 4.34. The third kappa shape index (κ3) is 4.09. The zero-order valence-corrected chi connectivity index (χ0v) is 18.6. The van der Waals surface area contributed by atoms with Gasteiger partial charge in [-0.25, -0.2) is 4.98 Å². The number of fused-ring (bicyclic) bond motifs is 2. The number of pyridine rings is 1. The van der Waals surface area contributed by atoms with Gasteiger partial charge in [0.2, 0.25) is 5.88 Å². The Bertz CT molecular complexity index is 1250. The van der Waals surface area contributed by atoms with E-state index in [1.165, 1.54) is 16.9 Å². The van der Waals surface area contributed by atoms with E-state index >= 15 is 0 Å². The van der Waals surface area contributed by atoms with Gasteiger partial charge in [0, 0.05) is 18.3 Å². The Morgan fingerprint density at radius 3 is 2.69 bits per heavy atom. The highest BCUT2D eigenvalue weighted by Crippen LogP contribution is 2.42. The van der Waals surface area contributed by atoms with Gasteiger partial charge in [0.25, 0.3) is 5.91 Å². The lowest BCUT2D eigenvalue weighted by molar-refractivity contribution is 0.0955. The number of nitrogens with zero attached hydrogens (tertiary/aromatic N) is 2. The molecular weight excluding hydrogens is 418 g/mol. The molecule has 0 fully saturated rings. The van der Waals surface area contributed by atoms with Gasteiger partial charge in [0.15, 0.2) is 0 Å². The molecule has 0 saturated heterocycles. The molecule has 1 N–H and O–H groups in total. The van der Waals surface area contributed by atoms with Crippen LogP contribution in [0.25, 0.3) is 0 Å². The molecule has 1 amide bonds. The summed E-state index contributed by atoms with van der Waals surface area (Å²) in [6.45, 7) is 3.28. The first kappa shape index (κ1) is 20.3. The van der Waals surface area contributed by atoms with E-state index in [1.807, 2.05) is 42.5 Å². The maximum absolute atomic E-state index is 12.8. The molecule has 6 heteroatoms. The van der Waals surface area contributed by atoms with Gasteiger partial charge in [-0.3, -0.25) is 4.79 Å². The summed E-state index contributed by atoms with van der Waals surface area (Å²) in [6.07, 6.45) is 2.74. The first-order valence-corrected chi connectivity index (χ1v) is 11.5. The van der Waals surface area contributed by atoms with Crippen LogP contribution in [0.3, 0.4) is 0 Å². The number of amides is 1. The average molecular weight is 442 g/mol. The van der Waals surface area contributed by atoms with Gasteiger partial charge in [-0.05, 0) is 47.9 Å². The standard InChI is InChI=1S/C26H23N3O2S/c1-2-18-9-11-19(12-10-18)16-28-25(30)23-13-14-24(32-23)29-17-20-6-3-4-8-22(20)31-26-21(29)7-5-15-27-26/h3-15H,2,16-17H2,1H3,(H,28,30). The third-order valence-corrected chi connectivity index (χ3v) is 6.62. The minimum Gasteiger partial charge on any atom is -0.437 e. The minimum atomic E-state index is -0.0706. The lowest BCUT2D eigenvalue weighted by Gasteiger charge is -2.21. The largest absolute Gasteiger partial charge is 0.437 e. The van der Waals surface area contributed by atoms with Gasteiger partial charge in [-0.1, -0.05) is 49.4 Å². The highest BCUT2D eigenvalue weighted by atomic mass is 32.1. The van der Waals surface area contributed by atoms with Gasteiger partial charge >= 0.3 is 0 Å². The summed E-state index contributed by atoms with van der Waals surface area (Å²) < 4.78 is 6.08. The second-order valence-electron chi connectivity index (χ2n) is 7.61. The van der Waals surface area contributed by atoms with Gasteiger partial charge in [-0.15, -0.1) is 11.3 Å². The Morgan fingerprint density at radius 2 is 1.84 bits per heavy atom. The van der Waals surface area contributed by atoms with Crippen molar-refractivity contribution in [2.24, 2.45) is 0 Å². The molecule has 5 rings (SSSR count). The molecule has 1 aliphatic heterocycles. The van der Waals surface area contributed by atoms with Crippen LogP contribution in [0.5, 0.6) is 11.6 Å². The van der Waals surface area contributed by atoms with E-state index in [9.17, 15) is 4.79 Å². The predicted molar refractivity (Wildman–Crippen MR) is 128 cm³/mol. The van der Waals surface area contributed by atoms with Crippen molar-refractivity contribution in [3.63, 3.8) is 0 Å². The molecule has 0 saturated carbocycles. The van der Waals surface area contributed by atoms with Crippen LogP contribution in [0.15, 0.2) is 79.0 Å². The number of thiophene rings is 1. The SMILES string of the molecule is CCc1ccc(CNC(=O)c2ccc(N3Cc4ccccc4Oc4ncccc43)s2)cc1. The van der Waals surface area contributed by atoms with Crippen LogP contribution in [0.1, 0.15) is 33.3 Å². The van der Waals surface area contributed by atoms with Gasteiger partial charge in [0.05, 0.1) is 16.4 Å². The quantitative estimate of drug-likeness (QED) is 0.408. The van der Waals surface area contributed by atoms with E-state index < -0.39 is 0 Å². The zero-order valence-electron chi connectivity index (χ0n) is 17.7. The lowest BCUT2D eigenvalue weighted by Crippen LogP contribution is -2.21. The van der Waals surface area contributed by atoms with Crippen molar-refractivity contribution >= 4 is 27.9 Å². The van der Waals surface area contributed by atoms with Crippen molar-refractivity contribution < 1.29 is 9.53 Å². The summed E-state index contributed by atoms with van der Waals surface area (Å²) in [5, 5.41) is 4.00. The number of benzene rings is 2. The number of carbonyl (C=O) groups excluding carboxylic acids is 1. The van der Waals surface area contributed by atoms with Crippen molar-refractivity contribution in [3.8, 4) is 11.6 Å². The summed E-state index contributed by atoms with van der Waals surface area (Å²) in [4.78, 5) is 20.1. The van der Waals surface area contributed by atoms with Crippen LogP contribution in [-0.2, 0) is 19.5 Å². The van der Waals surface area contributed by atoms with Crippen molar-refractivity contribution in [2.45, 2.75) is 26.4 Å². The number of carbonyl (C=O) groups is 1. The Kier molecular flexibility index (Phi) is 5.60. The van der Waals surface area contributed by atoms with E-state index in [-0.39, 0.29) is 5.91 Å². The molecule has 1 aliphatic rings. The van der Waals surface area contributed by atoms with Crippen LogP contribution in [0, 0.1) is 0 Å². The number of aromatic nitrogens is 1. The molecule has 0 bridgehead atoms. The maximum Gasteiger partial charge on any atom is 0.261 e. The molecule has 0 aliphatic carbocycles. The van der Waals surface area contributed by atoms with Gasteiger partial charge in [0.1, 0.15) is 11.4 Å². The first-order chi connectivity index (χ1) is 15.7. The third-order valence-electron chi connectivity index (χ3n) is 5.52. The Balaban J connectivity index is 1.36. The fourth-order valence-corrected chi connectivity index (χ4v) is 4.65. The highest BCUT2D eigenvalue weighted by molar-refractivity contribution is 7.18. The number of anilines is 2. The van der Waals surface area contributed by atoms with Crippen LogP contribution in [0.4, 0.5) is 10.7 Å². The average Bonchev–Trinajstić information content (AvgIpc) is 3.26. The number of nitrogens with one attached hydrogen (secondary N) is 1. The summed E-state index contributed by atoms with van der Waals surface area (Å²) in [6, 6.07) is 24.1. The summed E-state index contributed by atoms with van der Waals surface area (Å²) >= 11 is 1.47. The van der Waals surface area contributed by atoms with Gasteiger partial charge < -0.3 is 15.0 Å². The minimum absolute atomic E-state index is 0.0706. The van der Waals surface area contributed by atoms with Gasteiger partial charge in [-0.2, -0.15) is 0 Å². The molecule has 3 heterocycles. The Labute approximate surface area is 191 Å². The fraction of sp³-hybridized carbons (Fsp3) is 0.154. The summed E-state index contributed by atoms with van der Waals surface area (Å²) in [5.74, 6) is 1.30. The topological polar surface area (TPSA) is 54.5 Å². The van der Waals surface area contributed by atoms with Crippen LogP contribution >= 0.6 is 11.3 Å².